The normalized spacial score (nSPS) is 15.6. The van der Waals surface area contributed by atoms with Crippen molar-refractivity contribution in [2.75, 3.05) is 0 Å². The molecular formula is C27H28N2O3. The molecule has 0 fully saturated rings. The zero-order valence-corrected chi connectivity index (χ0v) is 18.8. The van der Waals surface area contributed by atoms with Crippen molar-refractivity contribution in [2.24, 2.45) is 0 Å². The third kappa shape index (κ3) is 3.98. The molecule has 0 aromatic heterocycles. The third-order valence-corrected chi connectivity index (χ3v) is 5.74. The molecule has 3 aromatic rings. The summed E-state index contributed by atoms with van der Waals surface area (Å²) in [4.78, 5) is 28.5. The lowest BCUT2D eigenvalue weighted by atomic mass is 9.97. The van der Waals surface area contributed by atoms with Crippen LogP contribution >= 0.6 is 0 Å². The highest BCUT2D eigenvalue weighted by molar-refractivity contribution is 6.06. The Morgan fingerprint density at radius 2 is 1.66 bits per heavy atom. The van der Waals surface area contributed by atoms with Crippen LogP contribution in [0, 0.1) is 6.92 Å². The third-order valence-electron chi connectivity index (χ3n) is 5.74. The molecule has 1 aliphatic rings. The predicted octanol–water partition coefficient (Wildman–Crippen LogP) is 4.98. The number of benzene rings is 3. The van der Waals surface area contributed by atoms with E-state index in [2.05, 4.69) is 5.32 Å². The van der Waals surface area contributed by atoms with E-state index in [-0.39, 0.29) is 24.1 Å². The average molecular weight is 429 g/mol. The van der Waals surface area contributed by atoms with Crippen LogP contribution in [-0.2, 0) is 11.3 Å². The van der Waals surface area contributed by atoms with Gasteiger partial charge >= 0.3 is 0 Å². The van der Waals surface area contributed by atoms with Crippen LogP contribution in [0.3, 0.4) is 0 Å². The molecule has 4 rings (SSSR count). The summed E-state index contributed by atoms with van der Waals surface area (Å²) >= 11 is 0. The predicted molar refractivity (Wildman–Crippen MR) is 125 cm³/mol. The fourth-order valence-electron chi connectivity index (χ4n) is 4.29. The number of phenolic OH excluding ortho intramolecular Hbond substituents is 1. The minimum absolute atomic E-state index is 0.0543. The number of rotatable bonds is 4. The summed E-state index contributed by atoms with van der Waals surface area (Å²) in [6.07, 6.45) is 0. The van der Waals surface area contributed by atoms with Crippen LogP contribution in [0.1, 0.15) is 53.9 Å². The number of hydrogen-bond donors (Lipinski definition) is 2. The van der Waals surface area contributed by atoms with Gasteiger partial charge in [-0.25, -0.2) is 0 Å². The molecule has 0 saturated carbocycles. The fourth-order valence-corrected chi connectivity index (χ4v) is 4.29. The number of carbonyl (C=O) groups excluding carboxylic acids is 2. The van der Waals surface area contributed by atoms with Crippen molar-refractivity contribution in [3.63, 3.8) is 0 Å². The second-order valence-corrected chi connectivity index (χ2v) is 9.27. The van der Waals surface area contributed by atoms with E-state index in [9.17, 15) is 14.7 Å². The number of nitrogens with zero attached hydrogens (tertiary/aromatic N) is 1. The number of aromatic hydroxyl groups is 1. The maximum Gasteiger partial charge on any atom is 0.255 e. The maximum absolute atomic E-state index is 13.5. The molecule has 0 bridgehead atoms. The minimum atomic E-state index is -0.764. The number of hydrogen-bond acceptors (Lipinski definition) is 3. The Labute approximate surface area is 188 Å². The molecule has 5 nitrogen and oxygen atoms in total. The molecule has 2 N–H and O–H groups in total. The molecule has 0 spiro atoms. The van der Waals surface area contributed by atoms with E-state index >= 15 is 0 Å². The van der Waals surface area contributed by atoms with Crippen molar-refractivity contribution in [1.29, 1.82) is 0 Å². The van der Waals surface area contributed by atoms with Gasteiger partial charge in [0.05, 0.1) is 5.56 Å². The van der Waals surface area contributed by atoms with Gasteiger partial charge in [-0.1, -0.05) is 60.7 Å². The molecule has 1 unspecified atom stereocenters. The van der Waals surface area contributed by atoms with Gasteiger partial charge in [0.1, 0.15) is 11.8 Å². The first kappa shape index (κ1) is 21.6. The van der Waals surface area contributed by atoms with Gasteiger partial charge in [0.25, 0.3) is 5.91 Å². The van der Waals surface area contributed by atoms with Crippen LogP contribution in [0.4, 0.5) is 0 Å². The number of amides is 2. The van der Waals surface area contributed by atoms with E-state index in [0.717, 1.165) is 16.7 Å². The van der Waals surface area contributed by atoms with E-state index in [1.54, 1.807) is 24.0 Å². The number of carbonyl (C=O) groups is 2. The lowest BCUT2D eigenvalue weighted by molar-refractivity contribution is -0.127. The quantitative estimate of drug-likeness (QED) is 0.616. The Morgan fingerprint density at radius 3 is 2.34 bits per heavy atom. The van der Waals surface area contributed by atoms with Gasteiger partial charge in [-0.05, 0) is 56.0 Å². The topological polar surface area (TPSA) is 69.6 Å². The van der Waals surface area contributed by atoms with Gasteiger partial charge in [-0.3, -0.25) is 9.59 Å². The first-order chi connectivity index (χ1) is 15.2. The summed E-state index contributed by atoms with van der Waals surface area (Å²) in [7, 11) is 0. The summed E-state index contributed by atoms with van der Waals surface area (Å²) < 4.78 is 0. The average Bonchev–Trinajstić information content (AvgIpc) is 3.03. The van der Waals surface area contributed by atoms with Crippen LogP contribution < -0.4 is 5.32 Å². The van der Waals surface area contributed by atoms with E-state index in [0.29, 0.717) is 16.7 Å². The van der Waals surface area contributed by atoms with Gasteiger partial charge in [0, 0.05) is 17.6 Å². The molecular weight excluding hydrogens is 400 g/mol. The van der Waals surface area contributed by atoms with Gasteiger partial charge in [0.15, 0.2) is 0 Å². The van der Waals surface area contributed by atoms with Crippen LogP contribution in [0.15, 0.2) is 66.7 Å². The van der Waals surface area contributed by atoms with Gasteiger partial charge in [0.2, 0.25) is 5.91 Å². The van der Waals surface area contributed by atoms with Crippen LogP contribution in [0.2, 0.25) is 0 Å². The Kier molecular flexibility index (Phi) is 5.51. The maximum atomic E-state index is 13.5. The molecule has 5 heteroatoms. The zero-order valence-electron chi connectivity index (χ0n) is 18.8. The largest absolute Gasteiger partial charge is 0.508 e. The highest BCUT2D eigenvalue weighted by atomic mass is 16.3. The minimum Gasteiger partial charge on any atom is -0.508 e. The molecule has 0 saturated heterocycles. The Hall–Kier alpha value is -3.60. The van der Waals surface area contributed by atoms with E-state index in [1.165, 1.54) is 0 Å². The van der Waals surface area contributed by atoms with Gasteiger partial charge < -0.3 is 15.3 Å². The summed E-state index contributed by atoms with van der Waals surface area (Å²) in [5.74, 6) is -0.421. The van der Waals surface area contributed by atoms with E-state index in [4.69, 9.17) is 0 Å². The van der Waals surface area contributed by atoms with Crippen molar-refractivity contribution in [3.8, 4) is 16.9 Å². The van der Waals surface area contributed by atoms with Crippen molar-refractivity contribution in [2.45, 2.75) is 45.8 Å². The molecule has 32 heavy (non-hydrogen) atoms. The molecule has 1 heterocycles. The summed E-state index contributed by atoms with van der Waals surface area (Å²) in [5, 5.41) is 13.2. The van der Waals surface area contributed by atoms with Crippen LogP contribution in [-0.4, -0.2) is 27.4 Å². The monoisotopic (exact) mass is 428 g/mol. The fraction of sp³-hybridized carbons (Fsp3) is 0.259. The molecule has 3 aromatic carbocycles. The van der Waals surface area contributed by atoms with Crippen LogP contribution in [0.5, 0.6) is 5.75 Å². The summed E-state index contributed by atoms with van der Waals surface area (Å²) in [6, 6.07) is 20.4. The Balaban J connectivity index is 1.79. The summed E-state index contributed by atoms with van der Waals surface area (Å²) in [5.41, 5.74) is 4.13. The number of fused-ring (bicyclic) bond motifs is 1. The molecule has 0 radical (unpaired) electrons. The van der Waals surface area contributed by atoms with Gasteiger partial charge in [-0.2, -0.15) is 0 Å². The first-order valence-corrected chi connectivity index (χ1v) is 10.8. The van der Waals surface area contributed by atoms with Crippen molar-refractivity contribution < 1.29 is 14.7 Å². The smallest absolute Gasteiger partial charge is 0.255 e. The number of nitrogens with one attached hydrogen (secondary N) is 1. The number of phenols is 1. The molecule has 164 valence electrons. The first-order valence-electron chi connectivity index (χ1n) is 10.8. The summed E-state index contributed by atoms with van der Waals surface area (Å²) in [6.45, 7) is 7.74. The second kappa shape index (κ2) is 8.15. The highest BCUT2D eigenvalue weighted by Crippen LogP contribution is 2.40. The standard InChI is InChI=1S/C27H28N2O3/c1-17-22(30)15-14-21-23(17)26(32)29(24(21)25(31)28-27(2,3)4)16-19-12-8-9-13-20(19)18-10-6-5-7-11-18/h5-15,24,30H,16H2,1-4H3,(H,28,31). The highest BCUT2D eigenvalue weighted by Gasteiger charge is 2.43. The van der Waals surface area contributed by atoms with Crippen molar-refractivity contribution >= 4 is 11.8 Å². The Morgan fingerprint density at radius 1 is 1.00 bits per heavy atom. The second-order valence-electron chi connectivity index (χ2n) is 9.27. The molecule has 2 amide bonds. The molecule has 1 atom stereocenters. The molecule has 1 aliphatic heterocycles. The van der Waals surface area contributed by atoms with Crippen molar-refractivity contribution in [1.82, 2.24) is 10.2 Å². The lowest BCUT2D eigenvalue weighted by Crippen LogP contribution is -2.46. The lowest BCUT2D eigenvalue weighted by Gasteiger charge is -2.29. The Bertz CT molecular complexity index is 1180. The molecule has 0 aliphatic carbocycles. The van der Waals surface area contributed by atoms with E-state index < -0.39 is 11.6 Å². The van der Waals surface area contributed by atoms with Crippen molar-refractivity contribution in [3.05, 3.63) is 89.0 Å². The van der Waals surface area contributed by atoms with Gasteiger partial charge in [-0.15, -0.1) is 0 Å². The van der Waals surface area contributed by atoms with Crippen LogP contribution in [0.25, 0.3) is 11.1 Å². The zero-order chi connectivity index (χ0) is 23.0. The SMILES string of the molecule is Cc1c(O)ccc2c1C(=O)N(Cc1ccccc1-c1ccccc1)C2C(=O)NC(C)(C)C. The van der Waals surface area contributed by atoms with E-state index in [1.807, 2.05) is 75.4 Å².